The number of halogens is 1. The Morgan fingerprint density at radius 3 is 2.70 bits per heavy atom. The molecule has 0 unspecified atom stereocenters. The number of aromatic nitrogens is 1. The lowest BCUT2D eigenvalue weighted by Crippen LogP contribution is -2.50. The molecule has 0 bridgehead atoms. The Morgan fingerprint density at radius 2 is 1.97 bits per heavy atom. The summed E-state index contributed by atoms with van der Waals surface area (Å²) in [6.45, 7) is 2.36. The molecule has 0 saturated carbocycles. The molecule has 1 aliphatic rings. The van der Waals surface area contributed by atoms with E-state index in [4.69, 9.17) is 11.6 Å². The van der Waals surface area contributed by atoms with E-state index < -0.39 is 28.0 Å². The number of rotatable bonds is 10. The molecule has 2 heterocycles. The van der Waals surface area contributed by atoms with Crippen molar-refractivity contribution in [3.63, 3.8) is 0 Å². The summed E-state index contributed by atoms with van der Waals surface area (Å²) >= 11 is 6.01. The van der Waals surface area contributed by atoms with Crippen LogP contribution in [-0.2, 0) is 26.2 Å². The number of pyridine rings is 1. The summed E-state index contributed by atoms with van der Waals surface area (Å²) in [6.07, 6.45) is 2.27. The first-order valence-corrected chi connectivity index (χ1v) is 13.9. The molecule has 0 spiro atoms. The van der Waals surface area contributed by atoms with E-state index in [1.54, 1.807) is 54.4 Å². The summed E-state index contributed by atoms with van der Waals surface area (Å²) in [5, 5.41) is 11.3. The second-order valence-electron chi connectivity index (χ2n) is 8.98. The lowest BCUT2D eigenvalue weighted by atomic mass is 10.1. The van der Waals surface area contributed by atoms with Gasteiger partial charge in [0.2, 0.25) is 21.8 Å². The van der Waals surface area contributed by atoms with Crippen LogP contribution in [0.1, 0.15) is 25.5 Å². The van der Waals surface area contributed by atoms with Crippen LogP contribution >= 0.6 is 11.6 Å². The van der Waals surface area contributed by atoms with Gasteiger partial charge >= 0.3 is 0 Å². The van der Waals surface area contributed by atoms with Crippen molar-refractivity contribution in [1.82, 2.24) is 19.5 Å². The third kappa shape index (κ3) is 6.27. The Hall–Kier alpha value is -3.05. The highest BCUT2D eigenvalue weighted by Crippen LogP contribution is 2.24. The van der Waals surface area contributed by atoms with Crippen molar-refractivity contribution >= 4 is 44.2 Å². The molecule has 1 aliphatic heterocycles. The SMILES string of the molecule is C[C@@H](C(=O)N(CCCO)Cc1ccccn1)N1CC[C@H](NS(=O)(=O)c2ccc3cc(Cl)ccc3c2)C1=O. The summed E-state index contributed by atoms with van der Waals surface area (Å²) < 4.78 is 28.7. The molecule has 11 heteroatoms. The molecule has 4 rings (SSSR count). The lowest BCUT2D eigenvalue weighted by Gasteiger charge is -2.30. The van der Waals surface area contributed by atoms with E-state index in [9.17, 15) is 23.1 Å². The summed E-state index contributed by atoms with van der Waals surface area (Å²) in [5.74, 6) is -0.735. The van der Waals surface area contributed by atoms with Gasteiger partial charge in [-0.15, -0.1) is 0 Å². The van der Waals surface area contributed by atoms with Crippen molar-refractivity contribution in [2.24, 2.45) is 0 Å². The van der Waals surface area contributed by atoms with Gasteiger partial charge in [0.15, 0.2) is 0 Å². The second-order valence-corrected chi connectivity index (χ2v) is 11.1. The van der Waals surface area contributed by atoms with Gasteiger partial charge in [-0.25, -0.2) is 8.42 Å². The number of amides is 2. The number of carbonyl (C=O) groups is 2. The molecule has 2 N–H and O–H groups in total. The van der Waals surface area contributed by atoms with Gasteiger partial charge in [0, 0.05) is 30.9 Å². The minimum absolute atomic E-state index is 0.0447. The molecule has 1 aromatic heterocycles. The number of fused-ring (bicyclic) bond motifs is 1. The molecule has 1 saturated heterocycles. The highest BCUT2D eigenvalue weighted by Gasteiger charge is 2.40. The molecule has 1 fully saturated rings. The van der Waals surface area contributed by atoms with Crippen molar-refractivity contribution in [2.45, 2.75) is 43.3 Å². The average Bonchev–Trinajstić information content (AvgIpc) is 3.24. The molecule has 37 heavy (non-hydrogen) atoms. The number of aliphatic hydroxyl groups is 1. The van der Waals surface area contributed by atoms with Gasteiger partial charge in [-0.3, -0.25) is 14.6 Å². The van der Waals surface area contributed by atoms with E-state index in [-0.39, 0.29) is 36.9 Å². The van der Waals surface area contributed by atoms with Crippen molar-refractivity contribution in [2.75, 3.05) is 19.7 Å². The first kappa shape index (κ1) is 27.0. The molecule has 2 atom stereocenters. The second kappa shape index (κ2) is 11.6. The van der Waals surface area contributed by atoms with Crippen molar-refractivity contribution in [1.29, 1.82) is 0 Å². The fourth-order valence-electron chi connectivity index (χ4n) is 4.43. The maximum absolute atomic E-state index is 13.3. The minimum Gasteiger partial charge on any atom is -0.396 e. The van der Waals surface area contributed by atoms with E-state index in [0.29, 0.717) is 29.1 Å². The molecule has 9 nitrogen and oxygen atoms in total. The van der Waals surface area contributed by atoms with Crippen LogP contribution < -0.4 is 4.72 Å². The van der Waals surface area contributed by atoms with Gasteiger partial charge in [-0.2, -0.15) is 4.72 Å². The zero-order valence-corrected chi connectivity index (χ0v) is 22.0. The minimum atomic E-state index is -3.98. The van der Waals surface area contributed by atoms with Crippen molar-refractivity contribution in [3.05, 3.63) is 71.5 Å². The van der Waals surface area contributed by atoms with Crippen LogP contribution in [0, 0.1) is 0 Å². The highest BCUT2D eigenvalue weighted by atomic mass is 35.5. The normalized spacial score (nSPS) is 16.8. The molecule has 0 aliphatic carbocycles. The summed E-state index contributed by atoms with van der Waals surface area (Å²) in [7, 11) is -3.98. The molecule has 2 aromatic carbocycles. The predicted molar refractivity (Wildman–Crippen MR) is 140 cm³/mol. The Labute approximate surface area is 221 Å². The zero-order valence-electron chi connectivity index (χ0n) is 20.4. The van der Waals surface area contributed by atoms with E-state index in [1.807, 2.05) is 6.07 Å². The average molecular weight is 545 g/mol. The number of aliphatic hydroxyl groups excluding tert-OH is 1. The number of carbonyl (C=O) groups excluding carboxylic acids is 2. The molecule has 2 amide bonds. The third-order valence-electron chi connectivity index (χ3n) is 6.42. The Morgan fingerprint density at radius 1 is 1.22 bits per heavy atom. The number of hydrogen-bond donors (Lipinski definition) is 2. The van der Waals surface area contributed by atoms with E-state index in [2.05, 4.69) is 9.71 Å². The monoisotopic (exact) mass is 544 g/mol. The molecule has 0 radical (unpaired) electrons. The van der Waals surface area contributed by atoms with Gasteiger partial charge in [0.25, 0.3) is 0 Å². The lowest BCUT2D eigenvalue weighted by molar-refractivity contribution is -0.143. The maximum atomic E-state index is 13.3. The van der Waals surface area contributed by atoms with E-state index >= 15 is 0 Å². The number of hydrogen-bond acceptors (Lipinski definition) is 6. The quantitative estimate of drug-likeness (QED) is 0.405. The van der Waals surface area contributed by atoms with Gasteiger partial charge < -0.3 is 14.9 Å². The fraction of sp³-hybridized carbons (Fsp3) is 0.346. The van der Waals surface area contributed by atoms with E-state index in [0.717, 1.165) is 5.39 Å². The van der Waals surface area contributed by atoms with Crippen LogP contribution in [0.5, 0.6) is 0 Å². The van der Waals surface area contributed by atoms with Crippen molar-refractivity contribution < 1.29 is 23.1 Å². The zero-order chi connectivity index (χ0) is 26.6. The Kier molecular flexibility index (Phi) is 8.43. The first-order chi connectivity index (χ1) is 17.7. The predicted octanol–water partition coefficient (Wildman–Crippen LogP) is 2.57. The van der Waals surface area contributed by atoms with Gasteiger partial charge in [0.05, 0.1) is 17.1 Å². The van der Waals surface area contributed by atoms with Crippen LogP contribution in [0.2, 0.25) is 5.02 Å². The topological polar surface area (TPSA) is 120 Å². The molecular weight excluding hydrogens is 516 g/mol. The third-order valence-corrected chi connectivity index (χ3v) is 8.13. The van der Waals surface area contributed by atoms with E-state index in [1.165, 1.54) is 17.0 Å². The summed E-state index contributed by atoms with van der Waals surface area (Å²) in [6, 6.07) is 13.5. The molecule has 196 valence electrons. The first-order valence-electron chi connectivity index (χ1n) is 12.0. The number of likely N-dealkylation sites (tertiary alicyclic amines) is 1. The van der Waals surface area contributed by atoms with Gasteiger partial charge in [-0.05, 0) is 66.9 Å². The van der Waals surface area contributed by atoms with Crippen LogP contribution in [0.25, 0.3) is 10.8 Å². The number of benzene rings is 2. The smallest absolute Gasteiger partial charge is 0.245 e. The number of nitrogens with one attached hydrogen (secondary N) is 1. The molecular formula is C26H29ClN4O5S. The van der Waals surface area contributed by atoms with Crippen LogP contribution in [0.15, 0.2) is 65.7 Å². The summed E-state index contributed by atoms with van der Waals surface area (Å²) in [5.41, 5.74) is 0.692. The number of sulfonamides is 1. The summed E-state index contributed by atoms with van der Waals surface area (Å²) in [4.78, 5) is 33.8. The van der Waals surface area contributed by atoms with Crippen LogP contribution in [0.3, 0.4) is 0 Å². The number of nitrogens with zero attached hydrogens (tertiary/aromatic N) is 3. The van der Waals surface area contributed by atoms with Crippen LogP contribution in [0.4, 0.5) is 0 Å². The maximum Gasteiger partial charge on any atom is 0.245 e. The Balaban J connectivity index is 1.45. The molecule has 3 aromatic rings. The fourth-order valence-corrected chi connectivity index (χ4v) is 5.87. The highest BCUT2D eigenvalue weighted by molar-refractivity contribution is 7.89. The van der Waals surface area contributed by atoms with Gasteiger partial charge in [-0.1, -0.05) is 29.8 Å². The Bertz CT molecular complexity index is 1390. The van der Waals surface area contributed by atoms with Gasteiger partial charge in [0.1, 0.15) is 12.1 Å². The standard InChI is InChI=1S/C26H29ClN4O5S/c1-18(25(33)30(12-4-14-32)17-22-5-2-3-11-28-22)31-13-10-24(26(31)34)29-37(35,36)23-9-7-19-15-21(27)8-6-20(19)16-23/h2-3,5-9,11,15-16,18,24,29,32H,4,10,12-14,17H2,1H3/t18-,24-/m0/s1. The largest absolute Gasteiger partial charge is 0.396 e. The van der Waals surface area contributed by atoms with Crippen molar-refractivity contribution in [3.8, 4) is 0 Å². The van der Waals surface area contributed by atoms with Crippen LogP contribution in [-0.4, -0.2) is 71.9 Å².